The van der Waals surface area contributed by atoms with Crippen molar-refractivity contribution in [2.24, 2.45) is 0 Å². The molecule has 0 saturated carbocycles. The van der Waals surface area contributed by atoms with E-state index >= 15 is 0 Å². The van der Waals surface area contributed by atoms with Crippen molar-refractivity contribution in [1.82, 2.24) is 0 Å². The highest BCUT2D eigenvalue weighted by molar-refractivity contribution is 9.11. The molecule has 3 aliphatic rings. The molecule has 0 aliphatic carbocycles. The van der Waals surface area contributed by atoms with E-state index < -0.39 is 36.3 Å². The van der Waals surface area contributed by atoms with Crippen LogP contribution in [0.2, 0.25) is 0 Å². The predicted octanol–water partition coefficient (Wildman–Crippen LogP) is 11.7. The van der Waals surface area contributed by atoms with E-state index in [1.165, 1.54) is 0 Å². The Morgan fingerprint density at radius 1 is 0.406 bits per heavy atom. The van der Waals surface area contributed by atoms with Gasteiger partial charge in [0.2, 0.25) is 0 Å². The second-order valence-electron chi connectivity index (χ2n) is 18.0. The van der Waals surface area contributed by atoms with E-state index in [0.29, 0.717) is 37.0 Å². The molecule has 0 atom stereocenters. The summed E-state index contributed by atoms with van der Waals surface area (Å²) in [5, 5.41) is 1.14. The van der Waals surface area contributed by atoms with Crippen molar-refractivity contribution in [3.63, 3.8) is 0 Å². The lowest BCUT2D eigenvalue weighted by molar-refractivity contribution is 0.00578. The van der Waals surface area contributed by atoms with Crippen molar-refractivity contribution in [2.75, 3.05) is 26.4 Å². The lowest BCUT2D eigenvalue weighted by Crippen LogP contribution is -2.41. The smallest absolute Gasteiger partial charge is 0.405 e. The molecule has 3 aromatic rings. The summed E-state index contributed by atoms with van der Waals surface area (Å²) in [7, 11) is -7.76. The maximum Gasteiger partial charge on any atom is 0.494 e. The molecule has 3 heterocycles. The topological polar surface area (TPSA) is 126 Å². The molecule has 3 aliphatic heterocycles. The lowest BCUT2D eigenvalue weighted by atomic mass is 9.49. The second kappa shape index (κ2) is 23.3. The average Bonchev–Trinajstić information content (AvgIpc) is 3.66. The summed E-state index contributed by atoms with van der Waals surface area (Å²) in [5.41, 5.74) is -1.33. The molecule has 3 fully saturated rings. The first-order valence-corrected chi connectivity index (χ1v) is 27.0. The zero-order valence-corrected chi connectivity index (χ0v) is 47.0. The van der Waals surface area contributed by atoms with Crippen LogP contribution in [0.15, 0.2) is 86.2 Å². The Kier molecular flexibility index (Phi) is 21.0. The normalized spacial score (nSPS) is 20.1. The van der Waals surface area contributed by atoms with Gasteiger partial charge in [0.1, 0.15) is 0 Å². The second-order valence-corrected chi connectivity index (χ2v) is 24.8. The molecule has 0 aromatic heterocycles. The van der Waals surface area contributed by atoms with Crippen molar-refractivity contribution in [3.05, 3.63) is 86.2 Å². The van der Waals surface area contributed by atoms with Gasteiger partial charge in [-0.3, -0.25) is 9.13 Å². The predicted molar refractivity (Wildman–Crippen MR) is 271 cm³/mol. The van der Waals surface area contributed by atoms with E-state index in [0.717, 1.165) is 18.9 Å². The maximum atomic E-state index is 12.7. The first-order valence-electron chi connectivity index (χ1n) is 21.6. The summed E-state index contributed by atoms with van der Waals surface area (Å²) >= 11 is 9.97. The Hall–Kier alpha value is -0.645. The molecule has 3 saturated heterocycles. The van der Waals surface area contributed by atoms with E-state index in [1.54, 1.807) is 52.0 Å². The molecule has 64 heavy (non-hydrogen) atoms. The number of benzene rings is 3. The zero-order chi connectivity index (χ0) is 48.6. The van der Waals surface area contributed by atoms with Gasteiger partial charge in [0.15, 0.2) is 0 Å². The van der Waals surface area contributed by atoms with Crippen LogP contribution in [0.5, 0.6) is 0 Å². The fourth-order valence-corrected chi connectivity index (χ4v) is 9.82. The van der Waals surface area contributed by atoms with Gasteiger partial charge in [-0.1, -0.05) is 59.9 Å². The van der Waals surface area contributed by atoms with Gasteiger partial charge in [0, 0.05) is 13.4 Å². The summed E-state index contributed by atoms with van der Waals surface area (Å²) in [6.07, 6.45) is 0. The fraction of sp³-hybridized carbons (Fsp3) is 0.591. The van der Waals surface area contributed by atoms with Gasteiger partial charge >= 0.3 is 36.3 Å². The largest absolute Gasteiger partial charge is 0.494 e. The van der Waals surface area contributed by atoms with Crippen LogP contribution in [-0.2, 0) is 55.2 Å². The Bertz CT molecular complexity index is 1900. The number of hydrogen-bond donors (Lipinski definition) is 0. The van der Waals surface area contributed by atoms with Crippen LogP contribution < -0.4 is 16.1 Å². The molecule has 0 radical (unpaired) electrons. The minimum atomic E-state index is -3.26. The van der Waals surface area contributed by atoms with Gasteiger partial charge in [0.25, 0.3) is 0 Å². The third-order valence-electron chi connectivity index (χ3n) is 11.6. The molecule has 12 nitrogen and oxygen atoms in total. The standard InChI is InChI=1S/C16H26BO5P.C12H24B2O4.C10H14BrO3P.C6H4Br2/c1-7-19-23(18,20-8-2)14-11-9-13(10-12-14)17-21-15(3,4)16(5,6)22-17;1-9(2)10(3,4)16-13(15-9)14-17-11(5,6)12(7,8)18-14;1-3-13-15(12,14-4-2)10-7-5-9(11)6-8-10;7-5-1-2-6(8)4-3-5/h9-12H,7-8H2,1-6H3;1-8H3;5-8H,3-4H2,1-2H3;1-4H. The van der Waals surface area contributed by atoms with Crippen LogP contribution in [0, 0.1) is 0 Å². The third kappa shape index (κ3) is 14.9. The Morgan fingerprint density at radius 2 is 0.625 bits per heavy atom. The lowest BCUT2D eigenvalue weighted by Gasteiger charge is -2.32. The maximum absolute atomic E-state index is 12.7. The SMILES string of the molecule is Brc1ccc(Br)cc1.CC1(C)OB(B2OC(C)(C)C(C)(C)O2)OC1(C)C.CCOP(=O)(OCC)c1ccc(B2OC(C)(C)C(C)(C)O2)cc1.CCOP(=O)(OCC)c1ccc(Br)cc1. The van der Waals surface area contributed by atoms with Crippen LogP contribution in [-0.4, -0.2) is 81.2 Å². The summed E-state index contributed by atoms with van der Waals surface area (Å²) in [4.78, 5) is 0. The molecule has 356 valence electrons. The minimum Gasteiger partial charge on any atom is -0.405 e. The Morgan fingerprint density at radius 3 is 0.875 bits per heavy atom. The first-order chi connectivity index (χ1) is 29.4. The fourth-order valence-electron chi connectivity index (χ4n) is 5.90. The molecule has 3 aromatic carbocycles. The van der Waals surface area contributed by atoms with Crippen molar-refractivity contribution in [2.45, 2.75) is 144 Å². The van der Waals surface area contributed by atoms with E-state index in [4.69, 9.17) is 46.0 Å². The Balaban J connectivity index is 0.000000239. The molecular formula is C44H68B3Br3O12P2. The van der Waals surface area contributed by atoms with Gasteiger partial charge in [-0.05, 0) is 177 Å². The quantitative estimate of drug-likeness (QED) is 0.127. The van der Waals surface area contributed by atoms with Crippen molar-refractivity contribution in [1.29, 1.82) is 0 Å². The number of hydrogen-bond acceptors (Lipinski definition) is 12. The molecule has 0 amide bonds. The van der Waals surface area contributed by atoms with Gasteiger partial charge in [-0.15, -0.1) is 0 Å². The highest BCUT2D eigenvalue weighted by Crippen LogP contribution is 2.48. The summed E-state index contributed by atoms with van der Waals surface area (Å²) in [5.74, 6) is 0. The van der Waals surface area contributed by atoms with E-state index in [2.05, 4.69) is 47.8 Å². The van der Waals surface area contributed by atoms with Crippen LogP contribution in [0.1, 0.15) is 111 Å². The monoisotopic (exact) mass is 1120 g/mol. The first kappa shape index (κ1) is 57.7. The van der Waals surface area contributed by atoms with E-state index in [9.17, 15) is 9.13 Å². The average molecular weight is 1120 g/mol. The van der Waals surface area contributed by atoms with E-state index in [-0.39, 0.29) is 33.6 Å². The van der Waals surface area contributed by atoms with Gasteiger partial charge in [-0.25, -0.2) is 0 Å². The van der Waals surface area contributed by atoms with Crippen molar-refractivity contribution < 1.29 is 55.2 Å². The molecular weight excluding hydrogens is 1050 g/mol. The third-order valence-corrected chi connectivity index (χ3v) is 17.5. The number of rotatable bonds is 12. The molecule has 20 heteroatoms. The van der Waals surface area contributed by atoms with Crippen LogP contribution in [0.3, 0.4) is 0 Å². The van der Waals surface area contributed by atoms with Crippen LogP contribution >= 0.6 is 63.0 Å². The highest BCUT2D eigenvalue weighted by Gasteiger charge is 2.63. The van der Waals surface area contributed by atoms with Crippen LogP contribution in [0.4, 0.5) is 0 Å². The zero-order valence-electron chi connectivity index (χ0n) is 40.4. The van der Waals surface area contributed by atoms with Gasteiger partial charge in [-0.2, -0.15) is 0 Å². The minimum absolute atomic E-state index is 0.330. The molecule has 0 N–H and O–H groups in total. The summed E-state index contributed by atoms with van der Waals surface area (Å²) in [6, 6.07) is 22.3. The summed E-state index contributed by atoms with van der Waals surface area (Å²) < 4.78 is 85.2. The summed E-state index contributed by atoms with van der Waals surface area (Å²) in [6.45, 7) is 32.8. The Labute approximate surface area is 409 Å². The van der Waals surface area contributed by atoms with Gasteiger partial charge in [0.05, 0.1) is 70.6 Å². The van der Waals surface area contributed by atoms with Crippen molar-refractivity contribution in [3.8, 4) is 0 Å². The van der Waals surface area contributed by atoms with Crippen molar-refractivity contribution >= 4 is 100 Å². The van der Waals surface area contributed by atoms with Gasteiger partial charge < -0.3 is 46.0 Å². The molecule has 0 unspecified atom stereocenters. The molecule has 0 bridgehead atoms. The highest BCUT2D eigenvalue weighted by atomic mass is 79.9. The van der Waals surface area contributed by atoms with E-state index in [1.807, 2.05) is 132 Å². The molecule has 6 rings (SSSR count). The number of halogens is 3. The molecule has 0 spiro atoms. The van der Waals surface area contributed by atoms with Crippen LogP contribution in [0.25, 0.3) is 0 Å².